The van der Waals surface area contributed by atoms with E-state index in [-0.39, 0.29) is 5.75 Å². The third-order valence-corrected chi connectivity index (χ3v) is 3.33. The van der Waals surface area contributed by atoms with E-state index in [0.29, 0.717) is 22.7 Å². The molecule has 0 aliphatic carbocycles. The fourth-order valence-electron chi connectivity index (χ4n) is 2.27. The van der Waals surface area contributed by atoms with Gasteiger partial charge in [-0.25, -0.2) is 15.0 Å². The number of azo groups is 1. The van der Waals surface area contributed by atoms with E-state index in [9.17, 15) is 5.11 Å². The van der Waals surface area contributed by atoms with E-state index in [1.54, 1.807) is 6.07 Å². The van der Waals surface area contributed by atoms with Gasteiger partial charge in [-0.15, -0.1) is 10.2 Å². The van der Waals surface area contributed by atoms with Crippen LogP contribution in [0.4, 0.5) is 11.5 Å². The highest BCUT2D eigenvalue weighted by atomic mass is 16.3. The van der Waals surface area contributed by atoms with Crippen molar-refractivity contribution in [3.05, 3.63) is 49.1 Å². The van der Waals surface area contributed by atoms with Crippen LogP contribution >= 0.6 is 0 Å². The molecule has 22 heavy (non-hydrogen) atoms. The van der Waals surface area contributed by atoms with Crippen LogP contribution < -0.4 is 0 Å². The third-order valence-electron chi connectivity index (χ3n) is 3.33. The van der Waals surface area contributed by atoms with Crippen LogP contribution in [0.3, 0.4) is 0 Å². The van der Waals surface area contributed by atoms with Crippen LogP contribution in [-0.2, 0) is 0 Å². The van der Waals surface area contributed by atoms with Crippen molar-refractivity contribution in [3.63, 3.8) is 0 Å². The van der Waals surface area contributed by atoms with Gasteiger partial charge in [0.2, 0.25) is 5.82 Å². The molecule has 0 saturated carbocycles. The zero-order valence-electron chi connectivity index (χ0n) is 11.3. The molecule has 4 aromatic rings. The minimum atomic E-state index is 0.0670. The Morgan fingerprint density at radius 2 is 1.86 bits per heavy atom. The number of aromatic nitrogens is 4. The highest BCUT2D eigenvalue weighted by molar-refractivity contribution is 5.95. The van der Waals surface area contributed by atoms with Crippen molar-refractivity contribution in [1.82, 2.24) is 19.9 Å². The van der Waals surface area contributed by atoms with Crippen LogP contribution in [0.2, 0.25) is 0 Å². The van der Waals surface area contributed by atoms with E-state index >= 15 is 0 Å². The minimum Gasteiger partial charge on any atom is -0.506 e. The predicted molar refractivity (Wildman–Crippen MR) is 81.5 cm³/mol. The van der Waals surface area contributed by atoms with Gasteiger partial charge >= 0.3 is 0 Å². The molecule has 0 amide bonds. The highest BCUT2D eigenvalue weighted by Gasteiger charge is 2.08. The number of hydrogen-bond donors (Lipinski definition) is 2. The van der Waals surface area contributed by atoms with E-state index in [0.717, 1.165) is 10.8 Å². The first-order chi connectivity index (χ1) is 10.8. The molecule has 0 radical (unpaired) electrons. The van der Waals surface area contributed by atoms with E-state index in [1.165, 1.54) is 12.7 Å². The largest absolute Gasteiger partial charge is 0.506 e. The van der Waals surface area contributed by atoms with Crippen LogP contribution in [-0.4, -0.2) is 25.0 Å². The van der Waals surface area contributed by atoms with Crippen molar-refractivity contribution < 1.29 is 5.11 Å². The normalized spacial score (nSPS) is 11.6. The summed E-state index contributed by atoms with van der Waals surface area (Å²) < 4.78 is 0. The molecule has 0 aliphatic rings. The SMILES string of the molecule is Oc1ccc2ccccc2c1N=Nc1ncnc2nc[nH]c12. The van der Waals surface area contributed by atoms with Crippen molar-refractivity contribution >= 4 is 33.4 Å². The number of nitrogens with zero attached hydrogens (tertiary/aromatic N) is 5. The average molecular weight is 290 g/mol. The first kappa shape index (κ1) is 12.4. The van der Waals surface area contributed by atoms with Gasteiger partial charge in [-0.2, -0.15) is 0 Å². The van der Waals surface area contributed by atoms with Crippen LogP contribution in [0.25, 0.3) is 21.9 Å². The number of hydrogen-bond acceptors (Lipinski definition) is 6. The average Bonchev–Trinajstić information content (AvgIpc) is 3.03. The Morgan fingerprint density at radius 1 is 0.955 bits per heavy atom. The smallest absolute Gasteiger partial charge is 0.203 e. The number of aromatic hydroxyl groups is 1. The predicted octanol–water partition coefficient (Wildman–Crippen LogP) is 3.63. The lowest BCUT2D eigenvalue weighted by Crippen LogP contribution is -1.81. The standard InChI is InChI=1S/C15H10N6O/c22-11-6-5-9-3-1-2-4-10(9)12(11)20-21-15-13-14(17-7-16-13)18-8-19-15/h1-8,22H,(H,16,17,18,19). The van der Waals surface area contributed by atoms with Gasteiger partial charge in [-0.1, -0.05) is 30.3 Å². The topological polar surface area (TPSA) is 99.4 Å². The summed E-state index contributed by atoms with van der Waals surface area (Å²) in [7, 11) is 0. The second-order valence-corrected chi connectivity index (χ2v) is 4.65. The van der Waals surface area contributed by atoms with Gasteiger partial charge in [0, 0.05) is 5.39 Å². The molecule has 2 N–H and O–H groups in total. The number of benzene rings is 2. The molecule has 2 aromatic heterocycles. The molecule has 0 spiro atoms. The monoisotopic (exact) mass is 290 g/mol. The summed E-state index contributed by atoms with van der Waals surface area (Å²) in [6.45, 7) is 0. The molecule has 2 heterocycles. The van der Waals surface area contributed by atoms with Crippen molar-refractivity contribution in [2.45, 2.75) is 0 Å². The zero-order chi connectivity index (χ0) is 14.9. The maximum absolute atomic E-state index is 10.1. The molecule has 106 valence electrons. The number of rotatable bonds is 2. The molecular formula is C15H10N6O. The van der Waals surface area contributed by atoms with Gasteiger partial charge < -0.3 is 10.1 Å². The first-order valence-corrected chi connectivity index (χ1v) is 6.59. The van der Waals surface area contributed by atoms with Gasteiger partial charge in [-0.05, 0) is 11.5 Å². The second-order valence-electron chi connectivity index (χ2n) is 4.65. The summed E-state index contributed by atoms with van der Waals surface area (Å²) in [5.74, 6) is 0.437. The number of fused-ring (bicyclic) bond motifs is 2. The lowest BCUT2D eigenvalue weighted by molar-refractivity contribution is 0.477. The van der Waals surface area contributed by atoms with Gasteiger partial charge in [0.25, 0.3) is 0 Å². The fourth-order valence-corrected chi connectivity index (χ4v) is 2.27. The number of phenolic OH excluding ortho intramolecular Hbond substituents is 1. The van der Waals surface area contributed by atoms with Crippen LogP contribution in [0, 0.1) is 0 Å². The van der Waals surface area contributed by atoms with Crippen LogP contribution in [0.1, 0.15) is 0 Å². The van der Waals surface area contributed by atoms with E-state index in [1.807, 2.05) is 30.3 Å². The first-order valence-electron chi connectivity index (χ1n) is 6.59. The summed E-state index contributed by atoms with van der Waals surface area (Å²) in [4.78, 5) is 15.1. The Bertz CT molecular complexity index is 1010. The maximum atomic E-state index is 10.1. The molecule has 0 fully saturated rings. The number of phenols is 1. The summed E-state index contributed by atoms with van der Waals surface area (Å²) in [5, 5.41) is 20.2. The van der Waals surface area contributed by atoms with E-state index in [2.05, 4.69) is 30.2 Å². The summed E-state index contributed by atoms with van der Waals surface area (Å²) >= 11 is 0. The lowest BCUT2D eigenvalue weighted by atomic mass is 10.1. The molecular weight excluding hydrogens is 280 g/mol. The molecule has 0 saturated heterocycles. The Balaban J connectivity index is 1.87. The van der Waals surface area contributed by atoms with Crippen LogP contribution in [0.5, 0.6) is 5.75 Å². The summed E-state index contributed by atoms with van der Waals surface area (Å²) in [6, 6.07) is 11.1. The number of aromatic amines is 1. The Labute approximate surface area is 124 Å². The number of H-pyrrole nitrogens is 1. The molecule has 4 rings (SSSR count). The molecule has 2 aromatic carbocycles. The Hall–Kier alpha value is -3.35. The van der Waals surface area contributed by atoms with Crippen molar-refractivity contribution in [2.75, 3.05) is 0 Å². The molecule has 7 heteroatoms. The van der Waals surface area contributed by atoms with Crippen molar-refractivity contribution in [1.29, 1.82) is 0 Å². The molecule has 7 nitrogen and oxygen atoms in total. The molecule has 0 atom stereocenters. The van der Waals surface area contributed by atoms with Crippen LogP contribution in [0.15, 0.2) is 59.3 Å². The zero-order valence-corrected chi connectivity index (χ0v) is 11.3. The quantitative estimate of drug-likeness (QED) is 0.550. The van der Waals surface area contributed by atoms with Gasteiger partial charge in [0.05, 0.1) is 6.33 Å². The van der Waals surface area contributed by atoms with E-state index in [4.69, 9.17) is 0 Å². The van der Waals surface area contributed by atoms with Gasteiger partial charge in [-0.3, -0.25) is 0 Å². The van der Waals surface area contributed by atoms with E-state index < -0.39 is 0 Å². The molecule has 0 bridgehead atoms. The third kappa shape index (κ3) is 1.96. The summed E-state index contributed by atoms with van der Waals surface area (Å²) in [6.07, 6.45) is 2.90. The van der Waals surface area contributed by atoms with Gasteiger partial charge in [0.15, 0.2) is 5.65 Å². The summed E-state index contributed by atoms with van der Waals surface area (Å²) in [5.41, 5.74) is 1.53. The van der Waals surface area contributed by atoms with Crippen molar-refractivity contribution in [2.24, 2.45) is 10.2 Å². The van der Waals surface area contributed by atoms with Crippen molar-refractivity contribution in [3.8, 4) is 5.75 Å². The number of nitrogens with one attached hydrogen (secondary N) is 1. The molecule has 0 unspecified atom stereocenters. The second kappa shape index (κ2) is 4.88. The minimum absolute atomic E-state index is 0.0670. The fraction of sp³-hybridized carbons (Fsp3) is 0. The Morgan fingerprint density at radius 3 is 2.82 bits per heavy atom. The Kier molecular flexibility index (Phi) is 2.75. The lowest BCUT2D eigenvalue weighted by Gasteiger charge is -2.03. The number of imidazole rings is 1. The maximum Gasteiger partial charge on any atom is 0.203 e. The van der Waals surface area contributed by atoms with Gasteiger partial charge in [0.1, 0.15) is 23.3 Å². The molecule has 0 aliphatic heterocycles. The highest BCUT2D eigenvalue weighted by Crippen LogP contribution is 2.36.